The first kappa shape index (κ1) is 48.1. The summed E-state index contributed by atoms with van der Waals surface area (Å²) in [6, 6.07) is 0. The van der Waals surface area contributed by atoms with Crippen molar-refractivity contribution < 1.29 is 23.9 Å². The van der Waals surface area contributed by atoms with Gasteiger partial charge in [-0.25, -0.2) is 0 Å². The summed E-state index contributed by atoms with van der Waals surface area (Å²) in [6.07, 6.45) is 26.4. The fourth-order valence-corrected chi connectivity index (χ4v) is 6.42. The van der Waals surface area contributed by atoms with Crippen molar-refractivity contribution in [2.45, 2.75) is 202 Å². The summed E-state index contributed by atoms with van der Waals surface area (Å²) in [5.74, 6) is 6.68. The van der Waals surface area contributed by atoms with E-state index in [1.165, 1.54) is 51.4 Å². The number of carbonyl (C=O) groups is 3. The number of unbranched alkanes of at least 4 members (excludes halogenated alkanes) is 14. The lowest BCUT2D eigenvalue weighted by atomic mass is 9.84. The van der Waals surface area contributed by atoms with E-state index in [4.69, 9.17) is 9.47 Å². The minimum atomic E-state index is -0.515. The maximum Gasteiger partial charge on any atom is 0.312 e. The van der Waals surface area contributed by atoms with Gasteiger partial charge in [-0.2, -0.15) is 0 Å². The van der Waals surface area contributed by atoms with Crippen LogP contribution < -0.4 is 0 Å². The predicted octanol–water partition coefficient (Wildman–Crippen LogP) is 11.7. The smallest absolute Gasteiger partial charge is 0.312 e. The summed E-state index contributed by atoms with van der Waals surface area (Å²) in [4.78, 5) is 40.4. The number of nitrogens with zero attached hydrogens (tertiary/aromatic N) is 1. The van der Waals surface area contributed by atoms with Gasteiger partial charge in [0.1, 0.15) is 5.78 Å². The Morgan fingerprint density at radius 1 is 0.600 bits per heavy atom. The largest absolute Gasteiger partial charge is 0.465 e. The van der Waals surface area contributed by atoms with E-state index in [9.17, 15) is 14.4 Å². The molecule has 0 amide bonds. The molecular weight excluding hydrogens is 622 g/mol. The van der Waals surface area contributed by atoms with E-state index >= 15 is 0 Å². The van der Waals surface area contributed by atoms with Crippen LogP contribution in [0.5, 0.6) is 0 Å². The number of ketones is 1. The standard InChI is InChI=1S/C44H81NO5/c1-9-11-13-15-17-19-27-36-49-41(47)43(3,4)33-25-21-23-30-39(38-40(46)32-29-35-45(7)8)31-24-22-26-34-44(5,6)42(48)50-37-28-20-18-16-14-12-10-2/h39H,9-19,21-27,29-38H2,1-8H3. The lowest BCUT2D eigenvalue weighted by molar-refractivity contribution is -0.154. The Hall–Kier alpha value is -1.87. The Labute approximate surface area is 310 Å². The summed E-state index contributed by atoms with van der Waals surface area (Å²) < 4.78 is 11.1. The van der Waals surface area contributed by atoms with Gasteiger partial charge in [-0.05, 0) is 86.4 Å². The Bertz CT molecular complexity index is 928. The van der Waals surface area contributed by atoms with Crippen LogP contribution in [0.25, 0.3) is 0 Å². The summed E-state index contributed by atoms with van der Waals surface area (Å²) in [7, 11) is 4.10. The number of hydrogen-bond donors (Lipinski definition) is 0. The average molecular weight is 704 g/mol. The molecule has 0 saturated carbocycles. The van der Waals surface area contributed by atoms with Crippen molar-refractivity contribution in [3.05, 3.63) is 0 Å². The van der Waals surface area contributed by atoms with Gasteiger partial charge in [0.05, 0.1) is 17.4 Å². The molecule has 1 atom stereocenters. The van der Waals surface area contributed by atoms with Crippen LogP contribution >= 0.6 is 0 Å². The normalized spacial score (nSPS) is 12.4. The quantitative estimate of drug-likeness (QED) is 0.0385. The Balaban J connectivity index is 4.57. The number of Topliss-reactive ketones (excluding diaryl/α,β-unsaturated/α-hetero) is 1. The van der Waals surface area contributed by atoms with E-state index in [0.717, 1.165) is 103 Å². The van der Waals surface area contributed by atoms with Crippen molar-refractivity contribution in [1.29, 1.82) is 0 Å². The molecule has 0 aromatic rings. The van der Waals surface area contributed by atoms with Crippen LogP contribution in [0.3, 0.4) is 0 Å². The van der Waals surface area contributed by atoms with Gasteiger partial charge >= 0.3 is 11.9 Å². The molecule has 0 spiro atoms. The summed E-state index contributed by atoms with van der Waals surface area (Å²) in [5, 5.41) is 0. The number of ether oxygens (including phenoxy) is 2. The third kappa shape index (κ3) is 27.8. The number of rotatable bonds is 33. The first-order valence-corrected chi connectivity index (χ1v) is 20.8. The molecule has 50 heavy (non-hydrogen) atoms. The van der Waals surface area contributed by atoms with Crippen molar-refractivity contribution in [3.63, 3.8) is 0 Å². The second kappa shape index (κ2) is 30.7. The number of hydrogen-bond acceptors (Lipinski definition) is 6. The molecule has 292 valence electrons. The predicted molar refractivity (Wildman–Crippen MR) is 211 cm³/mol. The second-order valence-electron chi connectivity index (χ2n) is 16.5. The number of esters is 2. The van der Waals surface area contributed by atoms with Gasteiger partial charge in [-0.3, -0.25) is 14.4 Å². The maximum atomic E-state index is 12.9. The van der Waals surface area contributed by atoms with Crippen LogP contribution in [-0.4, -0.2) is 56.5 Å². The highest BCUT2D eigenvalue weighted by molar-refractivity contribution is 5.78. The highest BCUT2D eigenvalue weighted by atomic mass is 16.5. The molecular formula is C44H81NO5. The third-order valence-corrected chi connectivity index (χ3v) is 10.0. The van der Waals surface area contributed by atoms with Crippen LogP contribution in [0.1, 0.15) is 202 Å². The van der Waals surface area contributed by atoms with E-state index in [1.54, 1.807) is 0 Å². The first-order chi connectivity index (χ1) is 23.9. The van der Waals surface area contributed by atoms with Crippen molar-refractivity contribution in [1.82, 2.24) is 4.90 Å². The van der Waals surface area contributed by atoms with E-state index in [0.29, 0.717) is 31.1 Å². The molecule has 0 saturated heterocycles. The molecule has 1 unspecified atom stereocenters. The van der Waals surface area contributed by atoms with Crippen molar-refractivity contribution >= 4 is 17.7 Å². The van der Waals surface area contributed by atoms with Crippen LogP contribution in [0.2, 0.25) is 0 Å². The van der Waals surface area contributed by atoms with E-state index in [2.05, 4.69) is 44.7 Å². The molecule has 0 aliphatic carbocycles. The Morgan fingerprint density at radius 2 is 1.10 bits per heavy atom. The third-order valence-electron chi connectivity index (χ3n) is 10.0. The molecule has 0 rings (SSSR count). The summed E-state index contributed by atoms with van der Waals surface area (Å²) in [6.45, 7) is 14.1. The van der Waals surface area contributed by atoms with Gasteiger partial charge in [0.15, 0.2) is 6.61 Å². The molecule has 0 radical (unpaired) electrons. The maximum absolute atomic E-state index is 12.9. The van der Waals surface area contributed by atoms with Gasteiger partial charge in [0, 0.05) is 19.3 Å². The van der Waals surface area contributed by atoms with E-state index < -0.39 is 10.8 Å². The Kier molecular flexibility index (Phi) is 29.6. The first-order valence-electron chi connectivity index (χ1n) is 20.8. The number of carbonyl (C=O) groups excluding carboxylic acids is 3. The molecule has 6 nitrogen and oxygen atoms in total. The molecule has 0 N–H and O–H groups in total. The van der Waals surface area contributed by atoms with Crippen molar-refractivity contribution in [3.8, 4) is 11.8 Å². The minimum absolute atomic E-state index is 0.0667. The summed E-state index contributed by atoms with van der Waals surface area (Å²) >= 11 is 0. The van der Waals surface area contributed by atoms with Crippen LogP contribution in [0.4, 0.5) is 0 Å². The van der Waals surface area contributed by atoms with Gasteiger partial charge < -0.3 is 14.4 Å². The zero-order chi connectivity index (χ0) is 37.5. The monoisotopic (exact) mass is 704 g/mol. The molecule has 0 aliphatic rings. The molecule has 0 aromatic heterocycles. The summed E-state index contributed by atoms with van der Waals surface area (Å²) in [5.41, 5.74) is -0.969. The minimum Gasteiger partial charge on any atom is -0.465 e. The highest BCUT2D eigenvalue weighted by Crippen LogP contribution is 2.29. The van der Waals surface area contributed by atoms with Crippen molar-refractivity contribution in [2.24, 2.45) is 16.7 Å². The molecule has 0 aromatic carbocycles. The lowest BCUT2D eigenvalue weighted by Gasteiger charge is -2.23. The molecule has 6 heteroatoms. The molecule has 0 fully saturated rings. The fraction of sp³-hybridized carbons (Fsp3) is 0.886. The average Bonchev–Trinajstić information content (AvgIpc) is 3.06. The van der Waals surface area contributed by atoms with Crippen LogP contribution in [0.15, 0.2) is 0 Å². The SMILES string of the molecule is CCCCCCC#CCOC(=O)C(C)(C)CCCCCC(CCCCCC(C)(C)C(=O)OCCCCCCCCC)CC(=O)CCCN(C)C. The van der Waals surface area contributed by atoms with E-state index in [1.807, 2.05) is 27.7 Å². The molecule has 0 bridgehead atoms. The fourth-order valence-electron chi connectivity index (χ4n) is 6.42. The van der Waals surface area contributed by atoms with Crippen molar-refractivity contribution in [2.75, 3.05) is 33.9 Å². The lowest BCUT2D eigenvalue weighted by Crippen LogP contribution is -2.27. The van der Waals surface area contributed by atoms with Crippen LogP contribution in [0, 0.1) is 28.6 Å². The van der Waals surface area contributed by atoms with Crippen LogP contribution in [-0.2, 0) is 23.9 Å². The van der Waals surface area contributed by atoms with Gasteiger partial charge in [0.25, 0.3) is 0 Å². The van der Waals surface area contributed by atoms with Gasteiger partial charge in [-0.1, -0.05) is 135 Å². The molecule has 0 heterocycles. The topological polar surface area (TPSA) is 72.9 Å². The molecule has 0 aliphatic heterocycles. The zero-order valence-electron chi connectivity index (χ0n) is 34.4. The van der Waals surface area contributed by atoms with Gasteiger partial charge in [0.2, 0.25) is 0 Å². The van der Waals surface area contributed by atoms with E-state index in [-0.39, 0.29) is 18.5 Å². The second-order valence-corrected chi connectivity index (χ2v) is 16.5. The Morgan fingerprint density at radius 3 is 1.66 bits per heavy atom. The zero-order valence-corrected chi connectivity index (χ0v) is 34.4. The van der Waals surface area contributed by atoms with Gasteiger partial charge in [-0.15, -0.1) is 0 Å². The highest BCUT2D eigenvalue weighted by Gasteiger charge is 2.29.